The second-order valence-electron chi connectivity index (χ2n) is 5.81. The van der Waals surface area contributed by atoms with Gasteiger partial charge in [-0.2, -0.15) is 0 Å². The van der Waals surface area contributed by atoms with Crippen molar-refractivity contribution in [1.29, 1.82) is 0 Å². The third-order valence-corrected chi connectivity index (χ3v) is 4.81. The summed E-state index contributed by atoms with van der Waals surface area (Å²) in [5, 5.41) is 0.577. The highest BCUT2D eigenvalue weighted by molar-refractivity contribution is 6.30. The van der Waals surface area contributed by atoms with Gasteiger partial charge in [-0.1, -0.05) is 35.9 Å². The van der Waals surface area contributed by atoms with Crippen LogP contribution in [0.25, 0.3) is 0 Å². The van der Waals surface area contributed by atoms with Crippen molar-refractivity contribution in [2.24, 2.45) is 0 Å². The maximum atomic E-state index is 6.34. The van der Waals surface area contributed by atoms with Crippen LogP contribution in [-0.2, 0) is 30.6 Å². The highest BCUT2D eigenvalue weighted by Gasteiger charge is 2.25. The summed E-state index contributed by atoms with van der Waals surface area (Å²) in [5.41, 5.74) is 4.94. The minimum absolute atomic E-state index is 0.380. The Bertz CT molecular complexity index is 686. The summed E-state index contributed by atoms with van der Waals surface area (Å²) >= 11 is 6.34. The SMILES string of the molecule is Clc1nc(C2CCc3ccccc3C2)nc2c1COCC2. The summed E-state index contributed by atoms with van der Waals surface area (Å²) in [7, 11) is 0. The number of hydrogen-bond acceptors (Lipinski definition) is 3. The van der Waals surface area contributed by atoms with Gasteiger partial charge >= 0.3 is 0 Å². The van der Waals surface area contributed by atoms with Gasteiger partial charge in [-0.15, -0.1) is 0 Å². The third kappa shape index (κ3) is 2.45. The highest BCUT2D eigenvalue weighted by atomic mass is 35.5. The van der Waals surface area contributed by atoms with E-state index in [4.69, 9.17) is 21.3 Å². The Hall–Kier alpha value is -1.45. The first-order valence-electron chi connectivity index (χ1n) is 7.51. The van der Waals surface area contributed by atoms with Gasteiger partial charge in [0.2, 0.25) is 0 Å². The molecule has 1 aromatic carbocycles. The molecule has 1 unspecified atom stereocenters. The molecular weight excluding hydrogens is 284 g/mol. The van der Waals surface area contributed by atoms with Gasteiger partial charge in [0, 0.05) is 17.9 Å². The summed E-state index contributed by atoms with van der Waals surface area (Å²) in [5.74, 6) is 1.29. The maximum Gasteiger partial charge on any atom is 0.138 e. The average molecular weight is 301 g/mol. The predicted octanol–water partition coefficient (Wildman–Crippen LogP) is 3.48. The quantitative estimate of drug-likeness (QED) is 0.756. The lowest BCUT2D eigenvalue weighted by Gasteiger charge is -2.25. The van der Waals surface area contributed by atoms with Crippen molar-refractivity contribution in [2.75, 3.05) is 6.61 Å². The Balaban J connectivity index is 1.67. The smallest absolute Gasteiger partial charge is 0.138 e. The van der Waals surface area contributed by atoms with Gasteiger partial charge in [-0.25, -0.2) is 9.97 Å². The van der Waals surface area contributed by atoms with Crippen molar-refractivity contribution in [3.05, 3.63) is 57.6 Å². The van der Waals surface area contributed by atoms with Crippen molar-refractivity contribution in [3.63, 3.8) is 0 Å². The van der Waals surface area contributed by atoms with Crippen LogP contribution >= 0.6 is 11.6 Å². The monoisotopic (exact) mass is 300 g/mol. The van der Waals surface area contributed by atoms with Crippen LogP contribution in [0.4, 0.5) is 0 Å². The van der Waals surface area contributed by atoms with Crippen LogP contribution < -0.4 is 0 Å². The number of hydrogen-bond donors (Lipinski definition) is 0. The van der Waals surface area contributed by atoms with Crippen LogP contribution in [-0.4, -0.2) is 16.6 Å². The van der Waals surface area contributed by atoms with E-state index >= 15 is 0 Å². The zero-order chi connectivity index (χ0) is 14.2. The molecule has 0 N–H and O–H groups in total. The van der Waals surface area contributed by atoms with E-state index in [1.165, 1.54) is 11.1 Å². The first-order chi connectivity index (χ1) is 10.3. The molecule has 3 nitrogen and oxygen atoms in total. The lowest BCUT2D eigenvalue weighted by Crippen LogP contribution is -2.19. The summed E-state index contributed by atoms with van der Waals surface area (Å²) in [6, 6.07) is 8.67. The van der Waals surface area contributed by atoms with Gasteiger partial charge in [0.25, 0.3) is 0 Å². The molecule has 1 aliphatic heterocycles. The molecule has 1 aromatic heterocycles. The zero-order valence-corrected chi connectivity index (χ0v) is 12.6. The van der Waals surface area contributed by atoms with E-state index in [2.05, 4.69) is 29.2 Å². The molecule has 4 heteroatoms. The minimum Gasteiger partial charge on any atom is -0.376 e. The van der Waals surface area contributed by atoms with Crippen molar-refractivity contribution in [3.8, 4) is 0 Å². The van der Waals surface area contributed by atoms with E-state index in [-0.39, 0.29) is 0 Å². The van der Waals surface area contributed by atoms with Crippen LogP contribution in [0.2, 0.25) is 5.15 Å². The Kier molecular flexibility index (Phi) is 3.40. The second-order valence-corrected chi connectivity index (χ2v) is 6.17. The number of nitrogens with zero attached hydrogens (tertiary/aromatic N) is 2. The standard InChI is InChI=1S/C17H17ClN2O/c18-16-14-10-21-8-7-15(14)19-17(20-16)13-6-5-11-3-1-2-4-12(11)9-13/h1-4,13H,5-10H2. The number of ether oxygens (including phenoxy) is 1. The third-order valence-electron chi connectivity index (χ3n) is 4.50. The maximum absolute atomic E-state index is 6.34. The van der Waals surface area contributed by atoms with E-state index in [9.17, 15) is 0 Å². The topological polar surface area (TPSA) is 35.0 Å². The minimum atomic E-state index is 0.380. The van der Waals surface area contributed by atoms with Crippen LogP contribution in [0.3, 0.4) is 0 Å². The van der Waals surface area contributed by atoms with Crippen LogP contribution in [0.15, 0.2) is 24.3 Å². The Labute approximate surface area is 129 Å². The van der Waals surface area contributed by atoms with E-state index in [0.29, 0.717) is 17.7 Å². The molecule has 0 spiro atoms. The fraction of sp³-hybridized carbons (Fsp3) is 0.412. The number of fused-ring (bicyclic) bond motifs is 2. The van der Waals surface area contributed by atoms with E-state index in [1.807, 2.05) is 0 Å². The van der Waals surface area contributed by atoms with Crippen molar-refractivity contribution < 1.29 is 4.74 Å². The van der Waals surface area contributed by atoms with Gasteiger partial charge in [0.15, 0.2) is 0 Å². The van der Waals surface area contributed by atoms with Crippen molar-refractivity contribution in [2.45, 2.75) is 38.2 Å². The lowest BCUT2D eigenvalue weighted by molar-refractivity contribution is 0.108. The van der Waals surface area contributed by atoms with Crippen LogP contribution in [0, 0.1) is 0 Å². The molecule has 21 heavy (non-hydrogen) atoms. The van der Waals surface area contributed by atoms with E-state index in [1.54, 1.807) is 0 Å². The first kappa shape index (κ1) is 13.2. The molecule has 1 aliphatic carbocycles. The van der Waals surface area contributed by atoms with Gasteiger partial charge in [-0.05, 0) is 30.4 Å². The molecule has 4 rings (SSSR count). The molecule has 0 amide bonds. The summed E-state index contributed by atoms with van der Waals surface area (Å²) in [6.45, 7) is 1.27. The van der Waals surface area contributed by atoms with Crippen LogP contribution in [0.5, 0.6) is 0 Å². The van der Waals surface area contributed by atoms with Gasteiger partial charge in [-0.3, -0.25) is 0 Å². The number of rotatable bonds is 1. The first-order valence-corrected chi connectivity index (χ1v) is 7.89. The number of halogens is 1. The normalized spacial score (nSPS) is 20.7. The summed E-state index contributed by atoms with van der Waals surface area (Å²) in [4.78, 5) is 9.35. The van der Waals surface area contributed by atoms with Crippen molar-refractivity contribution in [1.82, 2.24) is 9.97 Å². The fourth-order valence-corrected chi connectivity index (χ4v) is 3.56. The number of aromatic nitrogens is 2. The van der Waals surface area contributed by atoms with Gasteiger partial charge in [0.05, 0.1) is 18.9 Å². The molecule has 2 aromatic rings. The molecule has 1 atom stereocenters. The zero-order valence-electron chi connectivity index (χ0n) is 11.8. The molecule has 0 radical (unpaired) electrons. The predicted molar refractivity (Wildman–Crippen MR) is 81.6 cm³/mol. The number of aryl methyl sites for hydroxylation is 1. The molecule has 108 valence electrons. The van der Waals surface area contributed by atoms with Gasteiger partial charge < -0.3 is 4.74 Å². The molecule has 0 fully saturated rings. The highest BCUT2D eigenvalue weighted by Crippen LogP contribution is 2.33. The average Bonchev–Trinajstić information content (AvgIpc) is 2.54. The Morgan fingerprint density at radius 2 is 1.95 bits per heavy atom. The molecule has 0 saturated heterocycles. The molecule has 0 bridgehead atoms. The largest absolute Gasteiger partial charge is 0.376 e. The van der Waals surface area contributed by atoms with Crippen molar-refractivity contribution >= 4 is 11.6 Å². The molecular formula is C17H17ClN2O. The second kappa shape index (κ2) is 5.39. The van der Waals surface area contributed by atoms with E-state index in [0.717, 1.165) is 49.4 Å². The fourth-order valence-electron chi connectivity index (χ4n) is 3.31. The summed E-state index contributed by atoms with van der Waals surface area (Å²) < 4.78 is 5.44. The lowest BCUT2D eigenvalue weighted by atomic mass is 9.83. The van der Waals surface area contributed by atoms with Crippen LogP contribution in [0.1, 0.15) is 40.5 Å². The summed E-state index contributed by atoms with van der Waals surface area (Å²) in [6.07, 6.45) is 4.06. The Morgan fingerprint density at radius 3 is 2.86 bits per heavy atom. The Morgan fingerprint density at radius 1 is 1.10 bits per heavy atom. The van der Waals surface area contributed by atoms with E-state index < -0.39 is 0 Å². The molecule has 2 heterocycles. The number of benzene rings is 1. The molecule has 2 aliphatic rings. The molecule has 0 saturated carbocycles. The van der Waals surface area contributed by atoms with Gasteiger partial charge in [0.1, 0.15) is 11.0 Å².